The Hall–Kier alpha value is -2.36. The maximum atomic E-state index is 11.8. The van der Waals surface area contributed by atoms with Crippen molar-refractivity contribution in [3.8, 4) is 11.1 Å². The van der Waals surface area contributed by atoms with Gasteiger partial charge >= 0.3 is 5.97 Å². The lowest BCUT2D eigenvalue weighted by Gasteiger charge is -2.08. The summed E-state index contributed by atoms with van der Waals surface area (Å²) in [6.45, 7) is 2.08. The molecule has 2 N–H and O–H groups in total. The molecule has 2 rings (SSSR count). The van der Waals surface area contributed by atoms with Crippen LogP contribution >= 0.6 is 0 Å². The summed E-state index contributed by atoms with van der Waals surface area (Å²) in [6, 6.07) is 11.2. The normalized spacial score (nSPS) is 10.1. The topological polar surface area (TPSA) is 65.2 Å². The summed E-state index contributed by atoms with van der Waals surface area (Å²) in [4.78, 5) is 15.9. The molecular weight excluding hydrogens is 228 g/mol. The zero-order chi connectivity index (χ0) is 13.0. The number of hydrogen-bond donors (Lipinski definition) is 1. The van der Waals surface area contributed by atoms with Crippen molar-refractivity contribution >= 4 is 11.7 Å². The second kappa shape index (κ2) is 5.31. The number of anilines is 1. The lowest BCUT2D eigenvalue weighted by atomic mass is 10.0. The second-order valence-electron chi connectivity index (χ2n) is 3.75. The summed E-state index contributed by atoms with van der Waals surface area (Å²) in [5, 5.41) is 0. The van der Waals surface area contributed by atoms with Gasteiger partial charge in [-0.3, -0.25) is 0 Å². The van der Waals surface area contributed by atoms with Crippen LogP contribution in [0.15, 0.2) is 42.6 Å². The maximum Gasteiger partial charge on any atom is 0.357 e. The van der Waals surface area contributed by atoms with Crippen molar-refractivity contribution in [1.29, 1.82) is 0 Å². The number of rotatable bonds is 3. The van der Waals surface area contributed by atoms with Crippen LogP contribution in [-0.4, -0.2) is 17.6 Å². The number of pyridine rings is 1. The van der Waals surface area contributed by atoms with Crippen LogP contribution in [0.2, 0.25) is 0 Å². The summed E-state index contributed by atoms with van der Waals surface area (Å²) in [5.41, 5.74) is 8.11. The summed E-state index contributed by atoms with van der Waals surface area (Å²) in [7, 11) is 0. The van der Waals surface area contributed by atoms with Gasteiger partial charge in [0.25, 0.3) is 0 Å². The van der Waals surface area contributed by atoms with E-state index in [4.69, 9.17) is 10.5 Å². The number of esters is 1. The highest BCUT2D eigenvalue weighted by Gasteiger charge is 2.15. The average Bonchev–Trinajstić information content (AvgIpc) is 2.40. The molecule has 0 amide bonds. The fraction of sp³-hybridized carbons (Fsp3) is 0.143. The average molecular weight is 242 g/mol. The second-order valence-corrected chi connectivity index (χ2v) is 3.75. The zero-order valence-electron chi connectivity index (χ0n) is 10.1. The molecule has 1 aromatic carbocycles. The van der Waals surface area contributed by atoms with Gasteiger partial charge in [-0.25, -0.2) is 9.78 Å². The van der Waals surface area contributed by atoms with Crippen LogP contribution in [0.1, 0.15) is 17.4 Å². The van der Waals surface area contributed by atoms with Crippen LogP contribution < -0.4 is 5.73 Å². The molecule has 0 spiro atoms. The molecule has 0 aliphatic carbocycles. The summed E-state index contributed by atoms with van der Waals surface area (Å²) in [5.74, 6) is -0.434. The standard InChI is InChI=1S/C14H14N2O2/c1-2-18-14(17)13-12(8-11(15)9-16-13)10-6-4-3-5-7-10/h3-9H,2,15H2,1H3. The van der Waals surface area contributed by atoms with Crippen molar-refractivity contribution in [1.82, 2.24) is 4.98 Å². The molecule has 0 atom stereocenters. The molecule has 0 saturated carbocycles. The number of aromatic nitrogens is 1. The minimum absolute atomic E-state index is 0.289. The lowest BCUT2D eigenvalue weighted by molar-refractivity contribution is 0.0520. The van der Waals surface area contributed by atoms with Gasteiger partial charge in [-0.1, -0.05) is 30.3 Å². The van der Waals surface area contributed by atoms with Gasteiger partial charge in [0, 0.05) is 5.56 Å². The van der Waals surface area contributed by atoms with E-state index in [0.29, 0.717) is 17.9 Å². The number of hydrogen-bond acceptors (Lipinski definition) is 4. The third-order valence-corrected chi connectivity index (χ3v) is 2.46. The molecule has 0 aliphatic rings. The van der Waals surface area contributed by atoms with Crippen molar-refractivity contribution in [2.24, 2.45) is 0 Å². The number of carbonyl (C=O) groups excluding carboxylic acids is 1. The molecule has 2 aromatic rings. The van der Waals surface area contributed by atoms with Gasteiger partial charge in [0.2, 0.25) is 0 Å². The van der Waals surface area contributed by atoms with Crippen LogP contribution in [-0.2, 0) is 4.74 Å². The van der Waals surface area contributed by atoms with Crippen LogP contribution in [0, 0.1) is 0 Å². The van der Waals surface area contributed by atoms with Gasteiger partial charge in [0.15, 0.2) is 5.69 Å². The number of benzene rings is 1. The fourth-order valence-electron chi connectivity index (χ4n) is 1.68. The van der Waals surface area contributed by atoms with Gasteiger partial charge in [0.1, 0.15) is 0 Å². The predicted octanol–water partition coefficient (Wildman–Crippen LogP) is 2.51. The van der Waals surface area contributed by atoms with Gasteiger partial charge in [-0.15, -0.1) is 0 Å². The third kappa shape index (κ3) is 2.48. The zero-order valence-corrected chi connectivity index (χ0v) is 10.1. The first-order valence-electron chi connectivity index (χ1n) is 5.70. The Morgan fingerprint density at radius 2 is 2.06 bits per heavy atom. The predicted molar refractivity (Wildman–Crippen MR) is 70.0 cm³/mol. The number of ether oxygens (including phenoxy) is 1. The van der Waals surface area contributed by atoms with Crippen molar-refractivity contribution in [3.63, 3.8) is 0 Å². The Labute approximate surface area is 105 Å². The number of nitrogens with zero attached hydrogens (tertiary/aromatic N) is 1. The van der Waals surface area contributed by atoms with E-state index >= 15 is 0 Å². The van der Waals surface area contributed by atoms with Gasteiger partial charge in [-0.2, -0.15) is 0 Å². The number of carbonyl (C=O) groups is 1. The number of nitrogens with two attached hydrogens (primary N) is 1. The molecule has 0 aliphatic heterocycles. The highest BCUT2D eigenvalue weighted by atomic mass is 16.5. The molecule has 18 heavy (non-hydrogen) atoms. The third-order valence-electron chi connectivity index (χ3n) is 2.46. The van der Waals surface area contributed by atoms with E-state index in [0.717, 1.165) is 5.56 Å². The molecule has 4 heteroatoms. The molecule has 92 valence electrons. The van der Waals surface area contributed by atoms with Crippen LogP contribution in [0.5, 0.6) is 0 Å². The molecule has 0 unspecified atom stereocenters. The Morgan fingerprint density at radius 1 is 1.33 bits per heavy atom. The van der Waals surface area contributed by atoms with Gasteiger partial charge in [0.05, 0.1) is 18.5 Å². The van der Waals surface area contributed by atoms with Crippen LogP contribution in [0.25, 0.3) is 11.1 Å². The Balaban J connectivity index is 2.51. The van der Waals surface area contributed by atoms with Crippen molar-refractivity contribution in [2.75, 3.05) is 12.3 Å². The summed E-state index contributed by atoms with van der Waals surface area (Å²) >= 11 is 0. The van der Waals surface area contributed by atoms with Crippen molar-refractivity contribution in [2.45, 2.75) is 6.92 Å². The molecule has 1 heterocycles. The first-order valence-corrected chi connectivity index (χ1v) is 5.70. The largest absolute Gasteiger partial charge is 0.461 e. The molecule has 1 aromatic heterocycles. The molecule has 4 nitrogen and oxygen atoms in total. The summed E-state index contributed by atoms with van der Waals surface area (Å²) in [6.07, 6.45) is 1.46. The molecule has 0 saturated heterocycles. The minimum Gasteiger partial charge on any atom is -0.461 e. The van der Waals surface area contributed by atoms with Crippen molar-refractivity contribution in [3.05, 3.63) is 48.3 Å². The summed E-state index contributed by atoms with van der Waals surface area (Å²) < 4.78 is 4.99. The highest BCUT2D eigenvalue weighted by molar-refractivity contribution is 5.95. The maximum absolute atomic E-state index is 11.8. The highest BCUT2D eigenvalue weighted by Crippen LogP contribution is 2.24. The first-order chi connectivity index (χ1) is 8.72. The molecule has 0 bridgehead atoms. The van der Waals surface area contributed by atoms with E-state index < -0.39 is 5.97 Å². The first kappa shape index (κ1) is 12.1. The van der Waals surface area contributed by atoms with Crippen LogP contribution in [0.4, 0.5) is 5.69 Å². The Kier molecular flexibility index (Phi) is 3.57. The minimum atomic E-state index is -0.434. The molecule has 0 radical (unpaired) electrons. The molecular formula is C14H14N2O2. The Bertz CT molecular complexity index is 553. The van der Waals surface area contributed by atoms with E-state index in [-0.39, 0.29) is 5.69 Å². The Morgan fingerprint density at radius 3 is 2.72 bits per heavy atom. The van der Waals surface area contributed by atoms with Crippen molar-refractivity contribution < 1.29 is 9.53 Å². The van der Waals surface area contributed by atoms with E-state index in [1.807, 2.05) is 30.3 Å². The van der Waals surface area contributed by atoms with Crippen LogP contribution in [0.3, 0.4) is 0 Å². The van der Waals surface area contributed by atoms with E-state index in [2.05, 4.69) is 4.98 Å². The van der Waals surface area contributed by atoms with E-state index in [1.165, 1.54) is 6.20 Å². The van der Waals surface area contributed by atoms with Gasteiger partial charge in [-0.05, 0) is 18.6 Å². The monoisotopic (exact) mass is 242 g/mol. The van der Waals surface area contributed by atoms with E-state index in [1.54, 1.807) is 13.0 Å². The lowest BCUT2D eigenvalue weighted by Crippen LogP contribution is -2.09. The van der Waals surface area contributed by atoms with Gasteiger partial charge < -0.3 is 10.5 Å². The number of nitrogen functional groups attached to an aromatic ring is 1. The quantitative estimate of drug-likeness (QED) is 0.840. The SMILES string of the molecule is CCOC(=O)c1ncc(N)cc1-c1ccccc1. The van der Waals surface area contributed by atoms with E-state index in [9.17, 15) is 4.79 Å². The molecule has 0 fully saturated rings. The smallest absolute Gasteiger partial charge is 0.357 e. The fourth-order valence-corrected chi connectivity index (χ4v) is 1.68.